The molecule has 1 aromatic rings. The van der Waals surface area contributed by atoms with Crippen molar-refractivity contribution < 1.29 is 24.3 Å². The molecule has 12 heteroatoms. The van der Waals surface area contributed by atoms with Gasteiger partial charge in [-0.15, -0.1) is 0 Å². The van der Waals surface area contributed by atoms with E-state index < -0.39 is 47.9 Å². The molecule has 0 spiro atoms. The second kappa shape index (κ2) is 15.1. The lowest BCUT2D eigenvalue weighted by Gasteiger charge is -2.28. The highest BCUT2D eigenvalue weighted by Crippen LogP contribution is 2.12. The Morgan fingerprint density at radius 1 is 1.03 bits per heavy atom. The van der Waals surface area contributed by atoms with Crippen LogP contribution in [-0.4, -0.2) is 69.5 Å². The van der Waals surface area contributed by atoms with Gasteiger partial charge in [0, 0.05) is 18.3 Å². The van der Waals surface area contributed by atoms with Gasteiger partial charge < -0.3 is 37.5 Å². The molecule has 0 aliphatic rings. The summed E-state index contributed by atoms with van der Waals surface area (Å²) in [5.74, 6) is -3.41. The molecular formula is C23H41N7O5. The molecule has 3 amide bonds. The molecule has 5 atom stereocenters. The third kappa shape index (κ3) is 10.0. The zero-order valence-electron chi connectivity index (χ0n) is 21.0. The first-order chi connectivity index (χ1) is 16.5. The van der Waals surface area contributed by atoms with E-state index in [4.69, 9.17) is 11.5 Å². The summed E-state index contributed by atoms with van der Waals surface area (Å²) < 4.78 is 0. The van der Waals surface area contributed by atoms with E-state index >= 15 is 0 Å². The van der Waals surface area contributed by atoms with E-state index in [2.05, 4.69) is 25.9 Å². The zero-order chi connectivity index (χ0) is 26.5. The van der Waals surface area contributed by atoms with Crippen LogP contribution < -0.4 is 27.4 Å². The number of nitrogens with two attached hydrogens (primary N) is 2. The van der Waals surface area contributed by atoms with Crippen molar-refractivity contribution in [1.29, 1.82) is 0 Å². The molecule has 0 saturated heterocycles. The predicted molar refractivity (Wildman–Crippen MR) is 131 cm³/mol. The third-order valence-corrected chi connectivity index (χ3v) is 5.94. The molecule has 0 aliphatic carbocycles. The summed E-state index contributed by atoms with van der Waals surface area (Å²) in [4.78, 5) is 57.2. The van der Waals surface area contributed by atoms with Crippen molar-refractivity contribution in [3.8, 4) is 0 Å². The Balaban J connectivity index is 2.97. The van der Waals surface area contributed by atoms with E-state index in [-0.39, 0.29) is 18.3 Å². The Morgan fingerprint density at radius 3 is 2.20 bits per heavy atom. The van der Waals surface area contributed by atoms with Gasteiger partial charge in [0.25, 0.3) is 0 Å². The van der Waals surface area contributed by atoms with E-state index in [0.717, 1.165) is 0 Å². The first kappa shape index (κ1) is 30.0. The van der Waals surface area contributed by atoms with Crippen molar-refractivity contribution in [3.63, 3.8) is 0 Å². The number of unbranched alkanes of at least 4 members (excludes halogenated alkanes) is 1. The lowest BCUT2D eigenvalue weighted by molar-refractivity contribution is -0.144. The maximum Gasteiger partial charge on any atom is 0.326 e. The van der Waals surface area contributed by atoms with Gasteiger partial charge in [0.1, 0.15) is 18.1 Å². The standard InChI is InChI=1S/C23H41N7O5/c1-5-14(4)19(22(33)29-18(13(2)3)23(34)35)30-21(32)17(8-6-7-9-24)28-20(31)16(25)10-15-11-26-12-27-15/h11-14,16-19H,5-10,24-25H2,1-4H3,(H,26,27)(H,28,31)(H,29,33)(H,30,32)(H,34,35). The number of amides is 3. The van der Waals surface area contributed by atoms with Gasteiger partial charge in [0.05, 0.1) is 12.4 Å². The summed E-state index contributed by atoms with van der Waals surface area (Å²) >= 11 is 0. The van der Waals surface area contributed by atoms with Crippen LogP contribution in [0.25, 0.3) is 0 Å². The Bertz CT molecular complexity index is 815. The minimum atomic E-state index is -1.15. The molecule has 0 fully saturated rings. The van der Waals surface area contributed by atoms with Gasteiger partial charge in [0.2, 0.25) is 17.7 Å². The summed E-state index contributed by atoms with van der Waals surface area (Å²) in [6, 6.07) is -3.90. The van der Waals surface area contributed by atoms with Gasteiger partial charge in [-0.3, -0.25) is 14.4 Å². The molecule has 5 unspecified atom stereocenters. The molecule has 1 heterocycles. The summed E-state index contributed by atoms with van der Waals surface area (Å²) in [5, 5.41) is 17.4. The molecule has 198 valence electrons. The fourth-order valence-corrected chi connectivity index (χ4v) is 3.48. The summed E-state index contributed by atoms with van der Waals surface area (Å²) in [6.07, 6.45) is 5.38. The minimum Gasteiger partial charge on any atom is -0.480 e. The van der Waals surface area contributed by atoms with Gasteiger partial charge in [-0.2, -0.15) is 0 Å². The van der Waals surface area contributed by atoms with Gasteiger partial charge in [0.15, 0.2) is 0 Å². The smallest absolute Gasteiger partial charge is 0.326 e. The monoisotopic (exact) mass is 495 g/mol. The van der Waals surface area contributed by atoms with Crippen molar-refractivity contribution in [2.75, 3.05) is 6.54 Å². The van der Waals surface area contributed by atoms with Crippen molar-refractivity contribution in [3.05, 3.63) is 18.2 Å². The number of aromatic nitrogens is 2. The second-order valence-electron chi connectivity index (χ2n) is 9.17. The van der Waals surface area contributed by atoms with Crippen molar-refractivity contribution in [2.45, 2.75) is 84.0 Å². The van der Waals surface area contributed by atoms with E-state index in [1.807, 2.05) is 6.92 Å². The number of carboxylic acid groups (broad SMARTS) is 1. The number of carbonyl (C=O) groups is 4. The van der Waals surface area contributed by atoms with Crippen LogP contribution in [0.4, 0.5) is 0 Å². The molecule has 1 rings (SSSR count). The van der Waals surface area contributed by atoms with E-state index in [1.54, 1.807) is 27.0 Å². The molecule has 12 nitrogen and oxygen atoms in total. The Hall–Kier alpha value is -2.99. The molecule has 0 aromatic carbocycles. The van der Waals surface area contributed by atoms with Crippen LogP contribution in [0, 0.1) is 11.8 Å². The summed E-state index contributed by atoms with van der Waals surface area (Å²) in [6.45, 7) is 7.46. The highest BCUT2D eigenvalue weighted by atomic mass is 16.4. The maximum atomic E-state index is 13.2. The lowest BCUT2D eigenvalue weighted by Crippen LogP contribution is -2.59. The number of nitrogens with one attached hydrogen (secondary N) is 4. The van der Waals surface area contributed by atoms with E-state index in [1.165, 1.54) is 6.33 Å². The number of H-pyrrole nitrogens is 1. The molecule has 0 saturated carbocycles. The van der Waals surface area contributed by atoms with Crippen LogP contribution in [0.1, 0.15) is 59.1 Å². The number of hydrogen-bond acceptors (Lipinski definition) is 7. The first-order valence-electron chi connectivity index (χ1n) is 12.1. The molecule has 1 aromatic heterocycles. The number of imidazole rings is 1. The Labute approximate surface area is 206 Å². The van der Waals surface area contributed by atoms with Crippen LogP contribution in [0.2, 0.25) is 0 Å². The molecular weight excluding hydrogens is 454 g/mol. The molecule has 9 N–H and O–H groups in total. The maximum absolute atomic E-state index is 13.2. The van der Waals surface area contributed by atoms with Gasteiger partial charge in [-0.05, 0) is 37.6 Å². The Kier molecular flexibility index (Phi) is 13.0. The molecule has 35 heavy (non-hydrogen) atoms. The van der Waals surface area contributed by atoms with Gasteiger partial charge in [-0.25, -0.2) is 9.78 Å². The van der Waals surface area contributed by atoms with Crippen molar-refractivity contribution >= 4 is 23.7 Å². The highest BCUT2D eigenvalue weighted by molar-refractivity contribution is 5.94. The third-order valence-electron chi connectivity index (χ3n) is 5.94. The summed E-state index contributed by atoms with van der Waals surface area (Å²) in [5.41, 5.74) is 12.3. The number of nitrogens with zero attached hydrogens (tertiary/aromatic N) is 1. The number of hydrogen-bond donors (Lipinski definition) is 7. The predicted octanol–water partition coefficient (Wildman–Crippen LogP) is -0.350. The number of aliphatic carboxylic acids is 1. The topological polar surface area (TPSA) is 205 Å². The number of carboxylic acids is 1. The fourth-order valence-electron chi connectivity index (χ4n) is 3.48. The van der Waals surface area contributed by atoms with E-state index in [9.17, 15) is 24.3 Å². The lowest BCUT2D eigenvalue weighted by atomic mass is 9.96. The number of rotatable bonds is 16. The summed E-state index contributed by atoms with van der Waals surface area (Å²) in [7, 11) is 0. The highest BCUT2D eigenvalue weighted by Gasteiger charge is 2.33. The fraction of sp³-hybridized carbons (Fsp3) is 0.696. The average molecular weight is 496 g/mol. The van der Waals surface area contributed by atoms with Gasteiger partial charge in [-0.1, -0.05) is 34.1 Å². The SMILES string of the molecule is CCC(C)C(NC(=O)C(CCCCN)NC(=O)C(N)Cc1cnc[nH]1)C(=O)NC(C(=O)O)C(C)C. The average Bonchev–Trinajstić information content (AvgIpc) is 3.31. The van der Waals surface area contributed by atoms with Gasteiger partial charge >= 0.3 is 5.97 Å². The largest absolute Gasteiger partial charge is 0.480 e. The zero-order valence-corrected chi connectivity index (χ0v) is 21.0. The number of aromatic amines is 1. The van der Waals surface area contributed by atoms with Crippen molar-refractivity contribution in [2.24, 2.45) is 23.3 Å². The molecule has 0 radical (unpaired) electrons. The molecule has 0 bridgehead atoms. The minimum absolute atomic E-state index is 0.215. The van der Waals surface area contributed by atoms with Crippen LogP contribution >= 0.6 is 0 Å². The van der Waals surface area contributed by atoms with Crippen LogP contribution in [0.3, 0.4) is 0 Å². The van der Waals surface area contributed by atoms with Crippen LogP contribution in [0.15, 0.2) is 12.5 Å². The van der Waals surface area contributed by atoms with Crippen LogP contribution in [0.5, 0.6) is 0 Å². The second-order valence-corrected chi connectivity index (χ2v) is 9.17. The van der Waals surface area contributed by atoms with Crippen LogP contribution in [-0.2, 0) is 25.6 Å². The number of carbonyl (C=O) groups excluding carboxylic acids is 3. The van der Waals surface area contributed by atoms with Crippen molar-refractivity contribution in [1.82, 2.24) is 25.9 Å². The molecule has 0 aliphatic heterocycles. The quantitative estimate of drug-likeness (QED) is 0.150. The van der Waals surface area contributed by atoms with E-state index in [0.29, 0.717) is 37.9 Å². The Morgan fingerprint density at radius 2 is 1.69 bits per heavy atom. The normalized spacial score (nSPS) is 15.5. The first-order valence-corrected chi connectivity index (χ1v) is 12.1.